The van der Waals surface area contributed by atoms with E-state index < -0.39 is 32.1 Å². The SMILES string of the molecule is CCNCCS(=O)(=O)C(F)(F)F.N=[SH](=O)F. The quantitative estimate of drug-likeness (QED) is 0.307. The second-order valence-corrected chi connectivity index (χ2v) is 4.95. The molecule has 0 aromatic heterocycles. The lowest BCUT2D eigenvalue weighted by Gasteiger charge is -2.07. The Morgan fingerprint density at radius 1 is 1.38 bits per heavy atom. The molecule has 5 nitrogen and oxygen atoms in total. The van der Waals surface area contributed by atoms with E-state index in [1.54, 1.807) is 6.92 Å². The van der Waals surface area contributed by atoms with Crippen LogP contribution in [0.4, 0.5) is 17.1 Å². The lowest BCUT2D eigenvalue weighted by Crippen LogP contribution is -2.31. The summed E-state index contributed by atoms with van der Waals surface area (Å²) >= 11 is 0. The average Bonchev–Trinajstić information content (AvgIpc) is 2.01. The molecule has 0 saturated heterocycles. The fourth-order valence-electron chi connectivity index (χ4n) is 0.499. The van der Waals surface area contributed by atoms with Crippen molar-refractivity contribution in [3.05, 3.63) is 0 Å². The van der Waals surface area contributed by atoms with Crippen LogP contribution in [-0.4, -0.2) is 37.0 Å². The van der Waals surface area contributed by atoms with Gasteiger partial charge in [0.1, 0.15) is 0 Å². The normalized spacial score (nSPS) is 13.8. The van der Waals surface area contributed by atoms with Gasteiger partial charge in [-0.15, -0.1) is 3.89 Å². The highest BCUT2D eigenvalue weighted by molar-refractivity contribution is 7.92. The van der Waals surface area contributed by atoms with Gasteiger partial charge in [-0.2, -0.15) is 13.2 Å². The number of hydrogen-bond acceptors (Lipinski definition) is 5. The molecule has 0 heterocycles. The molecule has 0 saturated carbocycles. The largest absolute Gasteiger partial charge is 0.497 e. The van der Waals surface area contributed by atoms with Gasteiger partial charge in [0.25, 0.3) is 0 Å². The summed E-state index contributed by atoms with van der Waals surface area (Å²) in [5.74, 6) is -0.898. The summed E-state index contributed by atoms with van der Waals surface area (Å²) in [7, 11) is -8.05. The monoisotopic (exact) mass is 288 g/mol. The van der Waals surface area contributed by atoms with E-state index >= 15 is 0 Å². The van der Waals surface area contributed by atoms with Gasteiger partial charge in [0.15, 0.2) is 11.0 Å². The first-order valence-electron chi connectivity index (χ1n) is 3.88. The van der Waals surface area contributed by atoms with Crippen molar-refractivity contribution >= 4 is 20.8 Å². The van der Waals surface area contributed by atoms with Crippen molar-refractivity contribution in [3.63, 3.8) is 0 Å². The van der Waals surface area contributed by atoms with Crippen molar-refractivity contribution in [1.82, 2.24) is 5.32 Å². The second-order valence-electron chi connectivity index (χ2n) is 2.36. The zero-order valence-electron chi connectivity index (χ0n) is 8.21. The van der Waals surface area contributed by atoms with Gasteiger partial charge in [0, 0.05) is 6.54 Å². The molecule has 0 rings (SSSR count). The number of rotatable bonds is 4. The van der Waals surface area contributed by atoms with Crippen molar-refractivity contribution in [2.75, 3.05) is 18.8 Å². The van der Waals surface area contributed by atoms with Crippen LogP contribution < -0.4 is 5.32 Å². The Labute approximate surface area is 92.4 Å². The van der Waals surface area contributed by atoms with Crippen molar-refractivity contribution < 1.29 is 29.7 Å². The zero-order valence-corrected chi connectivity index (χ0v) is 9.92. The maximum Gasteiger partial charge on any atom is 0.497 e. The molecule has 100 valence electrons. The second kappa shape index (κ2) is 7.79. The summed E-state index contributed by atoms with van der Waals surface area (Å²) in [4.78, 5) is 0. The minimum atomic E-state index is -5.12. The Balaban J connectivity index is 0. The summed E-state index contributed by atoms with van der Waals surface area (Å²) in [6.45, 7) is 1.96. The van der Waals surface area contributed by atoms with Gasteiger partial charge >= 0.3 is 5.51 Å². The molecule has 1 atom stereocenters. The highest BCUT2D eigenvalue weighted by Crippen LogP contribution is 2.23. The first-order valence-corrected chi connectivity index (χ1v) is 6.69. The van der Waals surface area contributed by atoms with E-state index in [9.17, 15) is 25.5 Å². The number of halogens is 4. The van der Waals surface area contributed by atoms with Crippen LogP contribution in [0.5, 0.6) is 0 Å². The number of nitrogens with one attached hydrogen (secondary N) is 2. The predicted molar refractivity (Wildman–Crippen MR) is 51.8 cm³/mol. The Bertz CT molecular complexity index is 341. The maximum atomic E-state index is 11.6. The van der Waals surface area contributed by atoms with Gasteiger partial charge in [-0.3, -0.25) is 0 Å². The first kappa shape index (κ1) is 18.0. The van der Waals surface area contributed by atoms with E-state index in [1.165, 1.54) is 0 Å². The maximum absolute atomic E-state index is 11.6. The average molecular weight is 288 g/mol. The van der Waals surface area contributed by atoms with Crippen molar-refractivity contribution in [2.45, 2.75) is 12.4 Å². The van der Waals surface area contributed by atoms with E-state index in [4.69, 9.17) is 8.99 Å². The molecule has 0 amide bonds. The van der Waals surface area contributed by atoms with Crippen LogP contribution in [-0.2, 0) is 20.8 Å². The molecular formula is C5H12F4N2O3S2. The van der Waals surface area contributed by atoms with E-state index in [2.05, 4.69) is 5.32 Å². The van der Waals surface area contributed by atoms with Crippen LogP contribution in [0.1, 0.15) is 6.92 Å². The summed E-state index contributed by atoms with van der Waals surface area (Å²) < 4.78 is 79.9. The standard InChI is InChI=1S/C5H10F3NO2S.FH2NOS/c1-2-9-3-4-12(10,11)5(6,7)8;1-4(2)3/h9H,2-4H2,1H3;2,4H. The molecule has 11 heteroatoms. The molecule has 0 fully saturated rings. The fourth-order valence-corrected chi connectivity index (χ4v) is 1.14. The number of thiol groups is 1. The topological polar surface area (TPSA) is 87.1 Å². The van der Waals surface area contributed by atoms with Crippen molar-refractivity contribution in [2.24, 2.45) is 0 Å². The molecule has 0 aliphatic heterocycles. The van der Waals surface area contributed by atoms with E-state index in [-0.39, 0.29) is 6.54 Å². The molecule has 16 heavy (non-hydrogen) atoms. The first-order chi connectivity index (χ1) is 7.04. The molecule has 0 aromatic carbocycles. The summed E-state index contributed by atoms with van der Waals surface area (Å²) in [5.41, 5.74) is -5.12. The zero-order chi connectivity index (χ0) is 13.4. The molecule has 0 aliphatic carbocycles. The predicted octanol–water partition coefficient (Wildman–Crippen LogP) is 0.645. The Morgan fingerprint density at radius 2 is 1.75 bits per heavy atom. The highest BCUT2D eigenvalue weighted by atomic mass is 32.2. The Morgan fingerprint density at radius 3 is 2.00 bits per heavy atom. The number of hydrogen-bond donors (Lipinski definition) is 3. The lowest BCUT2D eigenvalue weighted by molar-refractivity contribution is -0.0435. The third-order valence-corrected chi connectivity index (χ3v) is 2.60. The van der Waals surface area contributed by atoms with Gasteiger partial charge in [0.2, 0.25) is 9.84 Å². The van der Waals surface area contributed by atoms with Gasteiger partial charge in [0.05, 0.1) is 5.75 Å². The third-order valence-electron chi connectivity index (χ3n) is 1.15. The van der Waals surface area contributed by atoms with Gasteiger partial charge in [-0.25, -0.2) is 17.4 Å². The number of sulfone groups is 1. The lowest BCUT2D eigenvalue weighted by atomic mass is 10.7. The Kier molecular flexibility index (Phi) is 8.74. The minimum absolute atomic E-state index is 0.168. The smallest absolute Gasteiger partial charge is 0.316 e. The van der Waals surface area contributed by atoms with Gasteiger partial charge in [-0.05, 0) is 6.54 Å². The summed E-state index contributed by atoms with van der Waals surface area (Å²) in [5, 5.41) is 2.50. The molecule has 0 spiro atoms. The summed E-state index contributed by atoms with van der Waals surface area (Å²) in [6.07, 6.45) is 0. The fraction of sp³-hybridized carbons (Fsp3) is 1.00. The molecule has 0 aliphatic rings. The third kappa shape index (κ3) is 10.1. The molecule has 1 unspecified atom stereocenters. The number of alkyl halides is 3. The molecule has 0 radical (unpaired) electrons. The van der Waals surface area contributed by atoms with Crippen molar-refractivity contribution in [3.8, 4) is 0 Å². The van der Waals surface area contributed by atoms with Crippen LogP contribution >= 0.6 is 0 Å². The molecule has 0 aromatic rings. The summed E-state index contributed by atoms with van der Waals surface area (Å²) in [6, 6.07) is 0. The van der Waals surface area contributed by atoms with Crippen molar-refractivity contribution in [1.29, 1.82) is 4.78 Å². The Hall–Kier alpha value is -0.420. The van der Waals surface area contributed by atoms with Crippen LogP contribution in [0.3, 0.4) is 0 Å². The highest BCUT2D eigenvalue weighted by Gasteiger charge is 2.44. The molecular weight excluding hydrogens is 276 g/mol. The van der Waals surface area contributed by atoms with Crippen LogP contribution in [0, 0.1) is 4.78 Å². The van der Waals surface area contributed by atoms with Crippen LogP contribution in [0.2, 0.25) is 0 Å². The van der Waals surface area contributed by atoms with Crippen LogP contribution in [0.25, 0.3) is 0 Å². The van der Waals surface area contributed by atoms with E-state index in [1.807, 2.05) is 0 Å². The molecule has 0 bridgehead atoms. The molecule has 2 N–H and O–H groups in total. The minimum Gasteiger partial charge on any atom is -0.316 e. The van der Waals surface area contributed by atoms with Gasteiger partial charge in [-0.1, -0.05) is 6.92 Å². The van der Waals surface area contributed by atoms with Crippen LogP contribution in [0.15, 0.2) is 0 Å². The van der Waals surface area contributed by atoms with Gasteiger partial charge < -0.3 is 5.32 Å². The van der Waals surface area contributed by atoms with E-state index in [0.717, 1.165) is 0 Å². The van der Waals surface area contributed by atoms with E-state index in [0.29, 0.717) is 6.54 Å².